The summed E-state index contributed by atoms with van der Waals surface area (Å²) in [5.74, 6) is 0. The fourth-order valence-electron chi connectivity index (χ4n) is 3.41. The highest BCUT2D eigenvalue weighted by Gasteiger charge is 2.28. The standard InChI is InChI=1S/C21H25N3O2S/c1-17-4-5-18(2)21(14-17)27(25,26)24-11-3-10-23(12-13-24)16-20-8-6-19(15-22)7-9-20/h4-9,14H,3,10-13,16H2,1-2H3. The molecule has 27 heavy (non-hydrogen) atoms. The maximum Gasteiger partial charge on any atom is 0.243 e. The van der Waals surface area contributed by atoms with Gasteiger partial charge in [0.15, 0.2) is 0 Å². The Labute approximate surface area is 161 Å². The fourth-order valence-corrected chi connectivity index (χ4v) is 5.19. The third-order valence-corrected chi connectivity index (χ3v) is 7.04. The van der Waals surface area contributed by atoms with Crippen molar-refractivity contribution in [3.8, 4) is 6.07 Å². The van der Waals surface area contributed by atoms with E-state index in [0.29, 0.717) is 30.1 Å². The van der Waals surface area contributed by atoms with Crippen LogP contribution in [-0.2, 0) is 16.6 Å². The van der Waals surface area contributed by atoms with Gasteiger partial charge in [-0.25, -0.2) is 8.42 Å². The summed E-state index contributed by atoms with van der Waals surface area (Å²) in [7, 11) is -3.47. The number of sulfonamides is 1. The lowest BCUT2D eigenvalue weighted by molar-refractivity contribution is 0.278. The van der Waals surface area contributed by atoms with Gasteiger partial charge < -0.3 is 0 Å². The van der Waals surface area contributed by atoms with Gasteiger partial charge in [-0.2, -0.15) is 9.57 Å². The molecule has 0 saturated carbocycles. The summed E-state index contributed by atoms with van der Waals surface area (Å²) >= 11 is 0. The van der Waals surface area contributed by atoms with Gasteiger partial charge in [-0.15, -0.1) is 0 Å². The first-order valence-electron chi connectivity index (χ1n) is 9.19. The highest BCUT2D eigenvalue weighted by Crippen LogP contribution is 2.23. The van der Waals surface area contributed by atoms with Crippen LogP contribution in [-0.4, -0.2) is 43.8 Å². The van der Waals surface area contributed by atoms with Gasteiger partial charge in [0.05, 0.1) is 16.5 Å². The van der Waals surface area contributed by atoms with Crippen LogP contribution < -0.4 is 0 Å². The largest absolute Gasteiger partial charge is 0.298 e. The molecule has 3 rings (SSSR count). The summed E-state index contributed by atoms with van der Waals surface area (Å²) in [6.07, 6.45) is 0.806. The van der Waals surface area contributed by atoms with E-state index in [2.05, 4.69) is 11.0 Å². The smallest absolute Gasteiger partial charge is 0.243 e. The van der Waals surface area contributed by atoms with Crippen molar-refractivity contribution in [1.82, 2.24) is 9.21 Å². The zero-order chi connectivity index (χ0) is 19.4. The Kier molecular flexibility index (Phi) is 5.95. The molecule has 0 radical (unpaired) electrons. The molecule has 6 heteroatoms. The SMILES string of the molecule is Cc1ccc(C)c(S(=O)(=O)N2CCCN(Cc3ccc(C#N)cc3)CC2)c1. The molecule has 1 aliphatic rings. The Hall–Kier alpha value is -2.20. The number of nitrogens with zero attached hydrogens (tertiary/aromatic N) is 3. The first-order valence-corrected chi connectivity index (χ1v) is 10.6. The zero-order valence-corrected chi connectivity index (χ0v) is 16.7. The third kappa shape index (κ3) is 4.56. The Morgan fingerprint density at radius 1 is 1.00 bits per heavy atom. The normalized spacial score (nSPS) is 16.6. The first-order chi connectivity index (χ1) is 12.9. The van der Waals surface area contributed by atoms with E-state index in [1.54, 1.807) is 10.4 Å². The summed E-state index contributed by atoms with van der Waals surface area (Å²) in [5.41, 5.74) is 3.54. The second-order valence-electron chi connectivity index (χ2n) is 7.11. The molecule has 2 aromatic rings. The summed E-state index contributed by atoms with van der Waals surface area (Å²) in [6, 6.07) is 15.3. The summed E-state index contributed by atoms with van der Waals surface area (Å²) in [6.45, 7) is 7.12. The van der Waals surface area contributed by atoms with E-state index in [1.807, 2.05) is 50.2 Å². The molecule has 0 amide bonds. The summed E-state index contributed by atoms with van der Waals surface area (Å²) in [5, 5.41) is 8.90. The molecule has 0 N–H and O–H groups in total. The Morgan fingerprint density at radius 3 is 2.44 bits per heavy atom. The van der Waals surface area contributed by atoms with Gasteiger partial charge >= 0.3 is 0 Å². The molecular formula is C21H25N3O2S. The van der Waals surface area contributed by atoms with Crippen LogP contribution in [0.1, 0.15) is 28.7 Å². The highest BCUT2D eigenvalue weighted by atomic mass is 32.2. The number of rotatable bonds is 4. The van der Waals surface area contributed by atoms with Crippen LogP contribution in [0.15, 0.2) is 47.4 Å². The van der Waals surface area contributed by atoms with Gasteiger partial charge in [-0.05, 0) is 61.7 Å². The van der Waals surface area contributed by atoms with Crippen molar-refractivity contribution in [2.24, 2.45) is 0 Å². The molecule has 5 nitrogen and oxygen atoms in total. The summed E-state index contributed by atoms with van der Waals surface area (Å²) in [4.78, 5) is 2.70. The number of benzene rings is 2. The van der Waals surface area contributed by atoms with Crippen LogP contribution in [0.5, 0.6) is 0 Å². The Balaban J connectivity index is 1.70. The maximum absolute atomic E-state index is 13.1. The maximum atomic E-state index is 13.1. The minimum atomic E-state index is -3.47. The topological polar surface area (TPSA) is 64.4 Å². The molecule has 142 valence electrons. The van der Waals surface area contributed by atoms with Crippen LogP contribution in [0.2, 0.25) is 0 Å². The first kappa shape index (κ1) is 19.6. The molecule has 1 saturated heterocycles. The minimum Gasteiger partial charge on any atom is -0.298 e. The predicted octanol–water partition coefficient (Wildman–Crippen LogP) is 3.07. The second-order valence-corrected chi connectivity index (χ2v) is 9.02. The quantitative estimate of drug-likeness (QED) is 0.814. The van der Waals surface area contributed by atoms with Gasteiger partial charge in [0.1, 0.15) is 0 Å². The van der Waals surface area contributed by atoms with E-state index < -0.39 is 10.0 Å². The van der Waals surface area contributed by atoms with E-state index in [1.165, 1.54) is 0 Å². The lowest BCUT2D eigenvalue weighted by atomic mass is 10.1. The van der Waals surface area contributed by atoms with Gasteiger partial charge in [-0.1, -0.05) is 24.3 Å². The molecule has 1 heterocycles. The molecule has 1 fully saturated rings. The zero-order valence-electron chi connectivity index (χ0n) is 15.9. The Morgan fingerprint density at radius 2 is 1.74 bits per heavy atom. The van der Waals surface area contributed by atoms with Crippen molar-refractivity contribution in [3.05, 3.63) is 64.7 Å². The molecule has 2 aromatic carbocycles. The number of aryl methyl sites for hydroxylation is 2. The van der Waals surface area contributed by atoms with Gasteiger partial charge in [0.2, 0.25) is 10.0 Å². The van der Waals surface area contributed by atoms with E-state index in [0.717, 1.165) is 36.2 Å². The third-order valence-electron chi connectivity index (χ3n) is 5.00. The van der Waals surface area contributed by atoms with Crippen LogP contribution in [0.25, 0.3) is 0 Å². The molecular weight excluding hydrogens is 358 g/mol. The van der Waals surface area contributed by atoms with Crippen molar-refractivity contribution in [3.63, 3.8) is 0 Å². The molecule has 0 bridgehead atoms. The van der Waals surface area contributed by atoms with Gasteiger partial charge in [-0.3, -0.25) is 4.90 Å². The van der Waals surface area contributed by atoms with Gasteiger partial charge in [0, 0.05) is 26.2 Å². The predicted molar refractivity (Wildman–Crippen MR) is 106 cm³/mol. The number of hydrogen-bond donors (Lipinski definition) is 0. The minimum absolute atomic E-state index is 0.419. The Bertz CT molecular complexity index is 946. The lowest BCUT2D eigenvalue weighted by Gasteiger charge is -2.22. The highest BCUT2D eigenvalue weighted by molar-refractivity contribution is 7.89. The lowest BCUT2D eigenvalue weighted by Crippen LogP contribution is -2.35. The molecule has 0 aliphatic carbocycles. The summed E-state index contributed by atoms with van der Waals surface area (Å²) < 4.78 is 27.9. The van der Waals surface area contributed by atoms with Crippen LogP contribution >= 0.6 is 0 Å². The molecule has 1 aliphatic heterocycles. The van der Waals surface area contributed by atoms with Crippen LogP contribution in [0.4, 0.5) is 0 Å². The molecule has 0 spiro atoms. The van der Waals surface area contributed by atoms with Crippen molar-refractivity contribution < 1.29 is 8.42 Å². The van der Waals surface area contributed by atoms with Crippen molar-refractivity contribution >= 4 is 10.0 Å². The van der Waals surface area contributed by atoms with Crippen molar-refractivity contribution in [2.75, 3.05) is 26.2 Å². The fraction of sp³-hybridized carbons (Fsp3) is 0.381. The second kappa shape index (κ2) is 8.22. The van der Waals surface area contributed by atoms with E-state index in [-0.39, 0.29) is 0 Å². The average molecular weight is 384 g/mol. The average Bonchev–Trinajstić information content (AvgIpc) is 2.90. The monoisotopic (exact) mass is 383 g/mol. The van der Waals surface area contributed by atoms with Crippen molar-refractivity contribution in [1.29, 1.82) is 5.26 Å². The van der Waals surface area contributed by atoms with Crippen molar-refractivity contribution in [2.45, 2.75) is 31.7 Å². The molecule has 0 atom stereocenters. The molecule has 0 aromatic heterocycles. The van der Waals surface area contributed by atoms with Gasteiger partial charge in [0.25, 0.3) is 0 Å². The van der Waals surface area contributed by atoms with E-state index in [9.17, 15) is 8.42 Å². The van der Waals surface area contributed by atoms with Crippen LogP contribution in [0.3, 0.4) is 0 Å². The van der Waals surface area contributed by atoms with E-state index >= 15 is 0 Å². The molecule has 0 unspecified atom stereocenters. The van der Waals surface area contributed by atoms with Crippen LogP contribution in [0, 0.1) is 25.2 Å². The number of hydrogen-bond acceptors (Lipinski definition) is 4. The number of nitriles is 1. The van der Waals surface area contributed by atoms with E-state index in [4.69, 9.17) is 5.26 Å².